The van der Waals surface area contributed by atoms with Gasteiger partial charge in [-0.25, -0.2) is 0 Å². The van der Waals surface area contributed by atoms with E-state index in [9.17, 15) is 4.79 Å². The fourth-order valence-electron chi connectivity index (χ4n) is 2.09. The predicted molar refractivity (Wildman–Crippen MR) is 74.4 cm³/mol. The van der Waals surface area contributed by atoms with Crippen LogP contribution in [-0.4, -0.2) is 16.9 Å². The molecular weight excluding hydrogens is 224 g/mol. The fraction of sp³-hybridized carbons (Fsp3) is 0.267. The number of fused-ring (bicyclic) bond motifs is 1. The number of hydrogen-bond donors (Lipinski definition) is 1. The van der Waals surface area contributed by atoms with Gasteiger partial charge in [-0.3, -0.25) is 4.79 Å². The third kappa shape index (κ3) is 2.80. The predicted octanol–water partition coefficient (Wildman–Crippen LogP) is 2.41. The minimum absolute atomic E-state index is 0.0626. The van der Waals surface area contributed by atoms with E-state index < -0.39 is 0 Å². The van der Waals surface area contributed by atoms with Gasteiger partial charge in [0.2, 0.25) is 0 Å². The largest absolute Gasteiger partial charge is 0.390 e. The molecule has 0 saturated heterocycles. The molecule has 0 atom stereocenters. The van der Waals surface area contributed by atoms with Crippen molar-refractivity contribution in [3.8, 4) is 0 Å². The molecule has 1 N–H and O–H groups in total. The number of allylic oxidation sites excluding steroid dienone is 1. The first-order chi connectivity index (χ1) is 8.68. The van der Waals surface area contributed by atoms with E-state index in [-0.39, 0.29) is 5.78 Å². The minimum atomic E-state index is 0.0626. The van der Waals surface area contributed by atoms with Crippen LogP contribution in [0.4, 0.5) is 0 Å². The first-order valence-electron chi connectivity index (χ1n) is 6.12. The van der Waals surface area contributed by atoms with Crippen molar-refractivity contribution in [2.24, 2.45) is 7.05 Å². The van der Waals surface area contributed by atoms with E-state index in [2.05, 4.69) is 47.4 Å². The average molecular weight is 242 g/mol. The zero-order chi connectivity index (χ0) is 13.0. The summed E-state index contributed by atoms with van der Waals surface area (Å²) in [7, 11) is 2.06. The highest BCUT2D eigenvalue weighted by Crippen LogP contribution is 2.20. The number of benzene rings is 1. The van der Waals surface area contributed by atoms with E-state index in [0.717, 1.165) is 13.0 Å². The van der Waals surface area contributed by atoms with Gasteiger partial charge in [0.15, 0.2) is 5.78 Å². The molecule has 0 unspecified atom stereocenters. The van der Waals surface area contributed by atoms with E-state index in [4.69, 9.17) is 0 Å². The maximum Gasteiger partial charge on any atom is 0.154 e. The molecule has 0 radical (unpaired) electrons. The smallest absolute Gasteiger partial charge is 0.154 e. The van der Waals surface area contributed by atoms with E-state index in [1.165, 1.54) is 16.5 Å². The number of carbonyl (C=O) groups is 1. The Labute approximate surface area is 107 Å². The van der Waals surface area contributed by atoms with E-state index in [0.29, 0.717) is 0 Å². The summed E-state index contributed by atoms with van der Waals surface area (Å²) in [5.74, 6) is 0.0626. The number of rotatable bonds is 5. The highest BCUT2D eigenvalue weighted by molar-refractivity contribution is 5.87. The van der Waals surface area contributed by atoms with Gasteiger partial charge in [-0.05, 0) is 37.3 Å². The van der Waals surface area contributed by atoms with Crippen molar-refractivity contribution < 1.29 is 4.79 Å². The molecule has 3 heteroatoms. The Balaban J connectivity index is 2.02. The molecule has 18 heavy (non-hydrogen) atoms. The molecule has 94 valence electrons. The Morgan fingerprint density at radius 2 is 2.17 bits per heavy atom. The van der Waals surface area contributed by atoms with Crippen molar-refractivity contribution in [1.29, 1.82) is 0 Å². The molecular formula is C15H18N2O. The summed E-state index contributed by atoms with van der Waals surface area (Å²) >= 11 is 0. The molecule has 0 aliphatic heterocycles. The molecule has 2 rings (SSSR count). The van der Waals surface area contributed by atoms with Gasteiger partial charge in [0.05, 0.1) is 0 Å². The number of nitrogens with zero attached hydrogens (tertiary/aromatic N) is 1. The SMILES string of the molecule is CC(=O)/C=C\NCCc1cn(C)c2ccccc12. The molecule has 0 aliphatic rings. The minimum Gasteiger partial charge on any atom is -0.390 e. The maximum atomic E-state index is 10.7. The van der Waals surface area contributed by atoms with Crippen LogP contribution in [0.2, 0.25) is 0 Å². The zero-order valence-electron chi connectivity index (χ0n) is 10.8. The van der Waals surface area contributed by atoms with Gasteiger partial charge >= 0.3 is 0 Å². The standard InChI is InChI=1S/C15H18N2O/c1-12(18)7-9-16-10-8-13-11-17(2)15-6-4-3-5-14(13)15/h3-7,9,11,16H,8,10H2,1-2H3/b9-7-. The van der Waals surface area contributed by atoms with Crippen LogP contribution in [0.25, 0.3) is 10.9 Å². The monoisotopic (exact) mass is 242 g/mol. The highest BCUT2D eigenvalue weighted by Gasteiger charge is 2.04. The normalized spacial score (nSPS) is 11.2. The lowest BCUT2D eigenvalue weighted by molar-refractivity contribution is -0.112. The molecule has 0 bridgehead atoms. The Kier molecular flexibility index (Phi) is 3.82. The van der Waals surface area contributed by atoms with Gasteiger partial charge in [-0.1, -0.05) is 18.2 Å². The molecule has 0 aliphatic carbocycles. The molecule has 0 saturated carbocycles. The quantitative estimate of drug-likeness (QED) is 0.645. The van der Waals surface area contributed by atoms with Crippen molar-refractivity contribution in [1.82, 2.24) is 9.88 Å². The Morgan fingerprint density at radius 3 is 2.94 bits per heavy atom. The maximum absolute atomic E-state index is 10.7. The van der Waals surface area contributed by atoms with E-state index in [1.807, 2.05) is 0 Å². The van der Waals surface area contributed by atoms with Crippen molar-refractivity contribution in [2.45, 2.75) is 13.3 Å². The van der Waals surface area contributed by atoms with Gasteiger partial charge in [-0.2, -0.15) is 0 Å². The summed E-state index contributed by atoms with van der Waals surface area (Å²) < 4.78 is 2.15. The second-order valence-corrected chi connectivity index (χ2v) is 4.43. The molecule has 0 fully saturated rings. The molecule has 2 aromatic rings. The third-order valence-corrected chi connectivity index (χ3v) is 2.95. The van der Waals surface area contributed by atoms with Crippen LogP contribution in [0.15, 0.2) is 42.7 Å². The van der Waals surface area contributed by atoms with Crippen LogP contribution < -0.4 is 5.32 Å². The van der Waals surface area contributed by atoms with Crippen molar-refractivity contribution in [3.63, 3.8) is 0 Å². The summed E-state index contributed by atoms with van der Waals surface area (Å²) in [5.41, 5.74) is 2.59. The van der Waals surface area contributed by atoms with Crippen LogP contribution in [-0.2, 0) is 18.3 Å². The van der Waals surface area contributed by atoms with Crippen LogP contribution in [0.1, 0.15) is 12.5 Å². The van der Waals surface area contributed by atoms with Gasteiger partial charge in [0.1, 0.15) is 0 Å². The van der Waals surface area contributed by atoms with Crippen LogP contribution in [0.3, 0.4) is 0 Å². The first kappa shape index (κ1) is 12.4. The van der Waals surface area contributed by atoms with Crippen LogP contribution >= 0.6 is 0 Å². The van der Waals surface area contributed by atoms with Gasteiger partial charge in [0, 0.05) is 30.7 Å². The molecule has 1 aromatic heterocycles. The lowest BCUT2D eigenvalue weighted by Crippen LogP contribution is -2.10. The second-order valence-electron chi connectivity index (χ2n) is 4.43. The molecule has 0 amide bonds. The summed E-state index contributed by atoms with van der Waals surface area (Å²) in [6, 6.07) is 8.40. The number of ketones is 1. The number of aromatic nitrogens is 1. The second kappa shape index (κ2) is 5.54. The lowest BCUT2D eigenvalue weighted by atomic mass is 10.1. The molecule has 1 aromatic carbocycles. The average Bonchev–Trinajstić information content (AvgIpc) is 2.66. The third-order valence-electron chi connectivity index (χ3n) is 2.95. The van der Waals surface area contributed by atoms with E-state index in [1.54, 1.807) is 19.2 Å². The summed E-state index contributed by atoms with van der Waals surface area (Å²) in [6.07, 6.45) is 6.38. The number of para-hydroxylation sites is 1. The van der Waals surface area contributed by atoms with Gasteiger partial charge in [0.25, 0.3) is 0 Å². The van der Waals surface area contributed by atoms with Crippen molar-refractivity contribution >= 4 is 16.7 Å². The molecule has 1 heterocycles. The molecule has 3 nitrogen and oxygen atoms in total. The first-order valence-corrected chi connectivity index (χ1v) is 6.12. The van der Waals surface area contributed by atoms with Crippen LogP contribution in [0, 0.1) is 0 Å². The lowest BCUT2D eigenvalue weighted by Gasteiger charge is -1.99. The Morgan fingerprint density at radius 1 is 1.39 bits per heavy atom. The van der Waals surface area contributed by atoms with Crippen molar-refractivity contribution in [2.75, 3.05) is 6.54 Å². The Bertz CT molecular complexity index is 581. The van der Waals surface area contributed by atoms with Crippen LogP contribution in [0.5, 0.6) is 0 Å². The number of hydrogen-bond acceptors (Lipinski definition) is 2. The topological polar surface area (TPSA) is 34.0 Å². The Hall–Kier alpha value is -2.03. The zero-order valence-corrected chi connectivity index (χ0v) is 10.8. The summed E-state index contributed by atoms with van der Waals surface area (Å²) in [5, 5.41) is 4.43. The van der Waals surface area contributed by atoms with Crippen molar-refractivity contribution in [3.05, 3.63) is 48.3 Å². The van der Waals surface area contributed by atoms with E-state index >= 15 is 0 Å². The van der Waals surface area contributed by atoms with Gasteiger partial charge < -0.3 is 9.88 Å². The summed E-state index contributed by atoms with van der Waals surface area (Å²) in [4.78, 5) is 10.7. The molecule has 0 spiro atoms. The highest BCUT2D eigenvalue weighted by atomic mass is 16.1. The number of aryl methyl sites for hydroxylation is 1. The fourth-order valence-corrected chi connectivity index (χ4v) is 2.09. The summed E-state index contributed by atoms with van der Waals surface area (Å²) in [6.45, 7) is 2.38. The number of nitrogens with one attached hydrogen (secondary N) is 1. The number of carbonyl (C=O) groups excluding carboxylic acids is 1. The van der Waals surface area contributed by atoms with Gasteiger partial charge in [-0.15, -0.1) is 0 Å².